The molecule has 1 heterocycles. The summed E-state index contributed by atoms with van der Waals surface area (Å²) in [6.45, 7) is 6.20. The Morgan fingerprint density at radius 2 is 2.22 bits per heavy atom. The van der Waals surface area contributed by atoms with Gasteiger partial charge in [-0.05, 0) is 47.5 Å². The van der Waals surface area contributed by atoms with Crippen molar-refractivity contribution in [2.24, 2.45) is 0 Å². The van der Waals surface area contributed by atoms with Crippen molar-refractivity contribution in [1.29, 1.82) is 5.26 Å². The van der Waals surface area contributed by atoms with Crippen LogP contribution < -0.4 is 0 Å². The molecule has 2 atom stereocenters. The molecule has 2 unspecified atom stereocenters. The van der Waals surface area contributed by atoms with Crippen molar-refractivity contribution >= 4 is 41.9 Å². The van der Waals surface area contributed by atoms with Gasteiger partial charge in [0, 0.05) is 34.1 Å². The highest BCUT2D eigenvalue weighted by Gasteiger charge is 2.38. The molecule has 5 nitrogen and oxygen atoms in total. The average molecular weight is 463 g/mol. The van der Waals surface area contributed by atoms with Crippen molar-refractivity contribution in [2.75, 3.05) is 13.1 Å². The van der Waals surface area contributed by atoms with E-state index < -0.39 is 10.0 Å². The van der Waals surface area contributed by atoms with Gasteiger partial charge in [-0.15, -0.1) is 6.58 Å². The monoisotopic (exact) mass is 461 g/mol. The Morgan fingerprint density at radius 1 is 1.52 bits per heavy atom. The summed E-state index contributed by atoms with van der Waals surface area (Å²) in [6, 6.07) is 4.82. The standard InChI is InChI=1S/C15H17Br2N3O2S/c1-3-6-20(13-7-11(2)19(9-13)10-18)23(21,22)15-8-12(16)4-5-14(15)17/h3-5,8,11,13H,1,6-7,9H2,2H3. The fraction of sp³-hybridized carbons (Fsp3) is 0.400. The van der Waals surface area contributed by atoms with Crippen molar-refractivity contribution in [3.8, 4) is 6.19 Å². The number of nitrogens with zero attached hydrogens (tertiary/aromatic N) is 3. The summed E-state index contributed by atoms with van der Waals surface area (Å²) in [4.78, 5) is 1.82. The Balaban J connectivity index is 2.43. The molecule has 1 aromatic rings. The largest absolute Gasteiger partial charge is 0.306 e. The predicted molar refractivity (Wildman–Crippen MR) is 96.1 cm³/mol. The molecule has 1 aromatic carbocycles. The first kappa shape index (κ1) is 18.5. The first-order chi connectivity index (χ1) is 10.8. The molecule has 0 saturated carbocycles. The van der Waals surface area contributed by atoms with Crippen molar-refractivity contribution in [3.63, 3.8) is 0 Å². The van der Waals surface area contributed by atoms with Crippen molar-refractivity contribution in [3.05, 3.63) is 39.8 Å². The van der Waals surface area contributed by atoms with E-state index in [9.17, 15) is 8.42 Å². The molecule has 0 radical (unpaired) electrons. The smallest absolute Gasteiger partial charge is 0.244 e. The van der Waals surface area contributed by atoms with Gasteiger partial charge in [0.05, 0.1) is 4.90 Å². The van der Waals surface area contributed by atoms with E-state index in [1.165, 1.54) is 4.31 Å². The first-order valence-corrected chi connectivity index (χ1v) is 10.1. The van der Waals surface area contributed by atoms with Crippen LogP contribution in [0, 0.1) is 11.5 Å². The third kappa shape index (κ3) is 3.79. The van der Waals surface area contributed by atoms with Crippen LogP contribution in [0.15, 0.2) is 44.7 Å². The molecular weight excluding hydrogens is 446 g/mol. The highest BCUT2D eigenvalue weighted by molar-refractivity contribution is 9.11. The number of likely N-dealkylation sites (tertiary alicyclic amines) is 1. The summed E-state index contributed by atoms with van der Waals surface area (Å²) >= 11 is 6.63. The molecule has 0 aromatic heterocycles. The third-order valence-electron chi connectivity index (χ3n) is 3.88. The molecule has 2 rings (SSSR count). The lowest BCUT2D eigenvalue weighted by Crippen LogP contribution is -2.41. The molecule has 124 valence electrons. The van der Waals surface area contributed by atoms with Gasteiger partial charge in [0.15, 0.2) is 6.19 Å². The van der Waals surface area contributed by atoms with Crippen LogP contribution in [-0.4, -0.2) is 42.8 Å². The van der Waals surface area contributed by atoms with Gasteiger partial charge in [-0.1, -0.05) is 22.0 Å². The maximum Gasteiger partial charge on any atom is 0.244 e. The van der Waals surface area contributed by atoms with E-state index in [1.807, 2.05) is 6.92 Å². The molecule has 8 heteroatoms. The topological polar surface area (TPSA) is 64.4 Å². The number of sulfonamides is 1. The quantitative estimate of drug-likeness (QED) is 0.497. The van der Waals surface area contributed by atoms with Gasteiger partial charge >= 0.3 is 0 Å². The highest BCUT2D eigenvalue weighted by atomic mass is 79.9. The van der Waals surface area contributed by atoms with Gasteiger partial charge in [-0.2, -0.15) is 9.57 Å². The van der Waals surface area contributed by atoms with Crippen molar-refractivity contribution < 1.29 is 8.42 Å². The van der Waals surface area contributed by atoms with Crippen LogP contribution in [0.4, 0.5) is 0 Å². The van der Waals surface area contributed by atoms with Crippen LogP contribution in [-0.2, 0) is 10.0 Å². The normalized spacial score (nSPS) is 21.4. The lowest BCUT2D eigenvalue weighted by atomic mass is 10.2. The Kier molecular flexibility index (Phi) is 5.89. The Bertz CT molecular complexity index is 746. The molecule has 0 aliphatic carbocycles. The lowest BCUT2D eigenvalue weighted by molar-refractivity contribution is 0.339. The maximum absolute atomic E-state index is 13.1. The second kappa shape index (κ2) is 7.34. The zero-order valence-corrected chi connectivity index (χ0v) is 16.6. The number of hydrogen-bond donors (Lipinski definition) is 0. The number of hydrogen-bond acceptors (Lipinski definition) is 4. The average Bonchev–Trinajstić information content (AvgIpc) is 2.87. The molecular formula is C15H17Br2N3O2S. The van der Waals surface area contributed by atoms with Crippen LogP contribution in [0.5, 0.6) is 0 Å². The molecule has 1 aliphatic rings. The molecule has 0 bridgehead atoms. The van der Waals surface area contributed by atoms with E-state index in [0.29, 0.717) is 21.9 Å². The fourth-order valence-electron chi connectivity index (χ4n) is 2.72. The molecule has 1 saturated heterocycles. The summed E-state index contributed by atoms with van der Waals surface area (Å²) in [5, 5.41) is 9.14. The number of halogens is 2. The van der Waals surface area contributed by atoms with Crippen LogP contribution >= 0.6 is 31.9 Å². The highest BCUT2D eigenvalue weighted by Crippen LogP contribution is 2.32. The second-order valence-corrected chi connectivity index (χ2v) is 9.06. The van der Waals surface area contributed by atoms with E-state index in [4.69, 9.17) is 5.26 Å². The number of nitriles is 1. The third-order valence-corrected chi connectivity index (χ3v) is 7.28. The number of rotatable bonds is 5. The first-order valence-electron chi connectivity index (χ1n) is 7.05. The van der Waals surface area contributed by atoms with Crippen molar-refractivity contribution in [1.82, 2.24) is 9.21 Å². The van der Waals surface area contributed by atoms with Gasteiger partial charge in [0.2, 0.25) is 10.0 Å². The van der Waals surface area contributed by atoms with E-state index in [1.54, 1.807) is 29.2 Å². The van der Waals surface area contributed by atoms with Crippen LogP contribution in [0.2, 0.25) is 0 Å². The van der Waals surface area contributed by atoms with Crippen LogP contribution in [0.1, 0.15) is 13.3 Å². The SMILES string of the molecule is C=CCN(C1CC(C)N(C#N)C1)S(=O)(=O)c1cc(Br)ccc1Br. The maximum atomic E-state index is 13.1. The Hall–Kier alpha value is -0.880. The summed E-state index contributed by atoms with van der Waals surface area (Å²) in [7, 11) is -3.71. The van der Waals surface area contributed by atoms with Gasteiger partial charge in [0.1, 0.15) is 0 Å². The lowest BCUT2D eigenvalue weighted by Gasteiger charge is -2.27. The van der Waals surface area contributed by atoms with E-state index in [0.717, 1.165) is 0 Å². The minimum atomic E-state index is -3.71. The minimum Gasteiger partial charge on any atom is -0.306 e. The summed E-state index contributed by atoms with van der Waals surface area (Å²) < 4.78 is 28.9. The van der Waals surface area contributed by atoms with Crippen LogP contribution in [0.3, 0.4) is 0 Å². The number of benzene rings is 1. The molecule has 1 aliphatic heterocycles. The Morgan fingerprint density at radius 3 is 2.78 bits per heavy atom. The Labute approximate surface area is 153 Å². The minimum absolute atomic E-state index is 0.0264. The van der Waals surface area contributed by atoms with Crippen LogP contribution in [0.25, 0.3) is 0 Å². The van der Waals surface area contributed by atoms with Crippen molar-refractivity contribution in [2.45, 2.75) is 30.3 Å². The second-order valence-electron chi connectivity index (χ2n) is 5.43. The summed E-state index contributed by atoms with van der Waals surface area (Å²) in [5.41, 5.74) is 0. The van der Waals surface area contributed by atoms with Gasteiger partial charge < -0.3 is 4.90 Å². The summed E-state index contributed by atoms with van der Waals surface area (Å²) in [5.74, 6) is 0. The molecule has 23 heavy (non-hydrogen) atoms. The zero-order chi connectivity index (χ0) is 17.2. The van der Waals surface area contributed by atoms with Gasteiger partial charge in [0.25, 0.3) is 0 Å². The van der Waals surface area contributed by atoms with Gasteiger partial charge in [-0.25, -0.2) is 8.42 Å². The van der Waals surface area contributed by atoms with E-state index in [-0.39, 0.29) is 23.5 Å². The van der Waals surface area contributed by atoms with E-state index in [2.05, 4.69) is 44.6 Å². The van der Waals surface area contributed by atoms with E-state index >= 15 is 0 Å². The zero-order valence-electron chi connectivity index (χ0n) is 12.6. The molecule has 0 N–H and O–H groups in total. The fourth-order valence-corrected chi connectivity index (χ4v) is 5.79. The van der Waals surface area contributed by atoms with Gasteiger partial charge in [-0.3, -0.25) is 0 Å². The molecule has 1 fully saturated rings. The molecule has 0 spiro atoms. The molecule has 0 amide bonds. The summed E-state index contributed by atoms with van der Waals surface area (Å²) in [6.07, 6.45) is 4.31. The predicted octanol–water partition coefficient (Wildman–Crippen LogP) is 3.33.